The number of nitrogens with zero attached hydrogens (tertiary/aromatic N) is 1. The molecular formula is C15H13ClN4O2S. The van der Waals surface area contributed by atoms with Crippen LogP contribution in [0.3, 0.4) is 0 Å². The van der Waals surface area contributed by atoms with Crippen molar-refractivity contribution in [3.05, 3.63) is 47.0 Å². The van der Waals surface area contributed by atoms with Crippen LogP contribution in [0.2, 0.25) is 5.02 Å². The summed E-state index contributed by atoms with van der Waals surface area (Å²) >= 11 is 7.20. The monoisotopic (exact) mass is 348 g/mol. The summed E-state index contributed by atoms with van der Waals surface area (Å²) in [4.78, 5) is 16.6. The molecule has 1 heterocycles. The lowest BCUT2D eigenvalue weighted by Gasteiger charge is -2.08. The van der Waals surface area contributed by atoms with Gasteiger partial charge in [-0.3, -0.25) is 10.2 Å². The summed E-state index contributed by atoms with van der Waals surface area (Å²) in [5, 5.41) is 3.99. The number of ether oxygens (including phenoxy) is 1. The fourth-order valence-corrected chi connectivity index (χ4v) is 3.05. The van der Waals surface area contributed by atoms with E-state index in [9.17, 15) is 4.79 Å². The molecule has 0 unspecified atom stereocenters. The van der Waals surface area contributed by atoms with E-state index in [0.717, 1.165) is 4.70 Å². The highest BCUT2D eigenvalue weighted by atomic mass is 35.5. The maximum absolute atomic E-state index is 12.3. The van der Waals surface area contributed by atoms with Crippen molar-refractivity contribution in [2.24, 2.45) is 5.84 Å². The van der Waals surface area contributed by atoms with E-state index >= 15 is 0 Å². The molecule has 3 rings (SSSR count). The third kappa shape index (κ3) is 3.21. The Morgan fingerprint density at radius 3 is 2.70 bits per heavy atom. The number of carbonyl (C=O) groups excluding carboxylic acids is 1. The third-order valence-corrected chi connectivity index (χ3v) is 4.35. The number of aromatic nitrogens is 1. The number of nitrogens with two attached hydrogens (primary N) is 1. The Balaban J connectivity index is 1.93. The molecule has 0 atom stereocenters. The first-order valence-electron chi connectivity index (χ1n) is 6.63. The highest BCUT2D eigenvalue weighted by Crippen LogP contribution is 2.35. The van der Waals surface area contributed by atoms with E-state index in [1.165, 1.54) is 11.3 Å². The van der Waals surface area contributed by atoms with Gasteiger partial charge in [0.25, 0.3) is 5.91 Å². The largest absolute Gasteiger partial charge is 0.494 e. The van der Waals surface area contributed by atoms with Crippen molar-refractivity contribution in [1.29, 1.82) is 0 Å². The molecule has 1 aromatic heterocycles. The molecule has 0 aliphatic heterocycles. The van der Waals surface area contributed by atoms with Crippen molar-refractivity contribution in [2.45, 2.75) is 0 Å². The van der Waals surface area contributed by atoms with Crippen molar-refractivity contribution in [1.82, 2.24) is 4.98 Å². The molecule has 0 radical (unpaired) electrons. The summed E-state index contributed by atoms with van der Waals surface area (Å²) in [6.45, 7) is 0. The summed E-state index contributed by atoms with van der Waals surface area (Å²) in [5.74, 6) is 5.72. The molecule has 2 aromatic carbocycles. The average Bonchev–Trinajstić information content (AvgIpc) is 2.97. The van der Waals surface area contributed by atoms with E-state index in [0.29, 0.717) is 32.7 Å². The Kier molecular flexibility index (Phi) is 4.33. The second-order valence-electron chi connectivity index (χ2n) is 4.65. The molecule has 118 valence electrons. The van der Waals surface area contributed by atoms with Gasteiger partial charge in [-0.05, 0) is 30.3 Å². The number of hydrazine groups is 1. The van der Waals surface area contributed by atoms with Crippen LogP contribution in [0.1, 0.15) is 10.4 Å². The lowest BCUT2D eigenvalue weighted by molar-refractivity contribution is 0.102. The second-order valence-corrected chi connectivity index (χ2v) is 6.12. The molecule has 3 aromatic rings. The molecule has 23 heavy (non-hydrogen) atoms. The summed E-state index contributed by atoms with van der Waals surface area (Å²) in [6, 6.07) is 10.2. The standard InChI is InChI=1S/C15H13ClN4O2S/c1-22-11-6-10(7-12-13(11)19-15(20-17)23-12)18-14(21)8-2-4-9(16)5-3-8/h2-7H,17H2,1H3,(H,18,21)(H,19,20). The summed E-state index contributed by atoms with van der Waals surface area (Å²) in [5.41, 5.74) is 4.33. The van der Waals surface area contributed by atoms with Gasteiger partial charge in [0.2, 0.25) is 0 Å². The molecule has 0 fully saturated rings. The molecule has 8 heteroatoms. The topological polar surface area (TPSA) is 89.3 Å². The molecule has 0 saturated carbocycles. The Hall–Kier alpha value is -2.35. The molecule has 0 aliphatic rings. The predicted molar refractivity (Wildman–Crippen MR) is 93.4 cm³/mol. The second kappa shape index (κ2) is 6.41. The van der Waals surface area contributed by atoms with Crippen LogP contribution < -0.4 is 21.3 Å². The number of rotatable bonds is 4. The number of thiazole rings is 1. The number of benzene rings is 2. The normalized spacial score (nSPS) is 10.6. The number of anilines is 2. The number of amides is 1. The van der Waals surface area contributed by atoms with E-state index in [2.05, 4.69) is 15.7 Å². The van der Waals surface area contributed by atoms with E-state index < -0.39 is 0 Å². The number of carbonyl (C=O) groups is 1. The van der Waals surface area contributed by atoms with Crippen molar-refractivity contribution < 1.29 is 9.53 Å². The molecule has 6 nitrogen and oxygen atoms in total. The van der Waals surface area contributed by atoms with Crippen molar-refractivity contribution in [3.8, 4) is 5.75 Å². The van der Waals surface area contributed by atoms with Gasteiger partial charge < -0.3 is 10.1 Å². The van der Waals surface area contributed by atoms with Gasteiger partial charge in [0.15, 0.2) is 5.13 Å². The molecular weight excluding hydrogens is 336 g/mol. The van der Waals surface area contributed by atoms with Gasteiger partial charge in [-0.25, -0.2) is 10.8 Å². The maximum Gasteiger partial charge on any atom is 0.255 e. The summed E-state index contributed by atoms with van der Waals surface area (Å²) in [6.07, 6.45) is 0. The van der Waals surface area contributed by atoms with Crippen molar-refractivity contribution in [3.63, 3.8) is 0 Å². The van der Waals surface area contributed by atoms with Crippen LogP contribution in [-0.4, -0.2) is 18.0 Å². The van der Waals surface area contributed by atoms with Crippen LogP contribution in [0.25, 0.3) is 10.2 Å². The van der Waals surface area contributed by atoms with Crippen LogP contribution in [0.15, 0.2) is 36.4 Å². The molecule has 0 spiro atoms. The molecule has 0 saturated heterocycles. The van der Waals surface area contributed by atoms with Crippen molar-refractivity contribution >= 4 is 49.9 Å². The lowest BCUT2D eigenvalue weighted by atomic mass is 10.2. The quantitative estimate of drug-likeness (QED) is 0.496. The number of hydrogen-bond donors (Lipinski definition) is 3. The van der Waals surface area contributed by atoms with Crippen LogP contribution in [-0.2, 0) is 0 Å². The van der Waals surface area contributed by atoms with Crippen LogP contribution >= 0.6 is 22.9 Å². The van der Waals surface area contributed by atoms with Crippen LogP contribution in [0, 0.1) is 0 Å². The fraction of sp³-hybridized carbons (Fsp3) is 0.0667. The molecule has 1 amide bonds. The van der Waals surface area contributed by atoms with Gasteiger partial charge in [-0.2, -0.15) is 0 Å². The number of nitrogens with one attached hydrogen (secondary N) is 2. The first-order valence-corrected chi connectivity index (χ1v) is 7.82. The minimum Gasteiger partial charge on any atom is -0.494 e. The molecule has 4 N–H and O–H groups in total. The Labute approximate surface area is 141 Å². The Morgan fingerprint density at radius 1 is 1.30 bits per heavy atom. The smallest absolute Gasteiger partial charge is 0.255 e. The highest BCUT2D eigenvalue weighted by Gasteiger charge is 2.13. The SMILES string of the molecule is COc1cc(NC(=O)c2ccc(Cl)cc2)cc2sc(NN)nc12. The zero-order valence-electron chi connectivity index (χ0n) is 12.1. The highest BCUT2D eigenvalue weighted by molar-refractivity contribution is 7.22. The molecule has 0 bridgehead atoms. The Bertz CT molecular complexity index is 864. The van der Waals surface area contributed by atoms with Crippen molar-refractivity contribution in [2.75, 3.05) is 17.9 Å². The number of methoxy groups -OCH3 is 1. The minimum absolute atomic E-state index is 0.232. The van der Waals surface area contributed by atoms with E-state index in [1.54, 1.807) is 37.4 Å². The zero-order chi connectivity index (χ0) is 16.4. The van der Waals surface area contributed by atoms with Gasteiger partial charge in [-0.15, -0.1) is 0 Å². The lowest BCUT2D eigenvalue weighted by Crippen LogP contribution is -2.11. The maximum atomic E-state index is 12.3. The Morgan fingerprint density at radius 2 is 2.04 bits per heavy atom. The first kappa shape index (κ1) is 15.5. The number of halogens is 1. The minimum atomic E-state index is -0.232. The van der Waals surface area contributed by atoms with Gasteiger partial charge in [0, 0.05) is 22.3 Å². The number of fused-ring (bicyclic) bond motifs is 1. The van der Waals surface area contributed by atoms with Gasteiger partial charge in [-0.1, -0.05) is 22.9 Å². The van der Waals surface area contributed by atoms with Gasteiger partial charge in [0.05, 0.1) is 11.8 Å². The summed E-state index contributed by atoms with van der Waals surface area (Å²) < 4.78 is 6.19. The van der Waals surface area contributed by atoms with E-state index in [4.69, 9.17) is 22.2 Å². The van der Waals surface area contributed by atoms with E-state index in [1.807, 2.05) is 6.07 Å². The third-order valence-electron chi connectivity index (χ3n) is 3.17. The summed E-state index contributed by atoms with van der Waals surface area (Å²) in [7, 11) is 1.55. The van der Waals surface area contributed by atoms with E-state index in [-0.39, 0.29) is 5.91 Å². The van der Waals surface area contributed by atoms with Crippen LogP contribution in [0.4, 0.5) is 10.8 Å². The predicted octanol–water partition coefficient (Wildman–Crippen LogP) is 3.50. The van der Waals surface area contributed by atoms with Gasteiger partial charge >= 0.3 is 0 Å². The van der Waals surface area contributed by atoms with Gasteiger partial charge in [0.1, 0.15) is 11.3 Å². The number of hydrogen-bond acceptors (Lipinski definition) is 6. The molecule has 0 aliphatic carbocycles. The number of nitrogen functional groups attached to an aromatic ring is 1. The zero-order valence-corrected chi connectivity index (χ0v) is 13.7. The fourth-order valence-electron chi connectivity index (χ4n) is 2.09. The average molecular weight is 349 g/mol. The first-order chi connectivity index (χ1) is 11.1. The van der Waals surface area contributed by atoms with Crippen LogP contribution in [0.5, 0.6) is 5.75 Å².